The summed E-state index contributed by atoms with van der Waals surface area (Å²) >= 11 is 1.66. The molecule has 24 heavy (non-hydrogen) atoms. The van der Waals surface area contributed by atoms with Gasteiger partial charge in [-0.05, 0) is 17.9 Å². The van der Waals surface area contributed by atoms with Gasteiger partial charge in [-0.25, -0.2) is 14.4 Å². The molecule has 1 aliphatic heterocycles. The Balaban J connectivity index is 1.65. The van der Waals surface area contributed by atoms with Gasteiger partial charge in [0.1, 0.15) is 6.10 Å². The highest BCUT2D eigenvalue weighted by Gasteiger charge is 2.29. The van der Waals surface area contributed by atoms with Crippen molar-refractivity contribution in [3.63, 3.8) is 0 Å². The number of benzene rings is 1. The molecule has 1 aromatic carbocycles. The number of nitrogens with zero attached hydrogens (tertiary/aromatic N) is 3. The van der Waals surface area contributed by atoms with Crippen LogP contribution in [0.15, 0.2) is 41.6 Å². The zero-order valence-corrected chi connectivity index (χ0v) is 14.1. The van der Waals surface area contributed by atoms with E-state index in [4.69, 9.17) is 4.74 Å². The van der Waals surface area contributed by atoms with Crippen LogP contribution in [-0.4, -0.2) is 45.7 Å². The molecule has 0 aliphatic carbocycles. The van der Waals surface area contributed by atoms with Crippen LogP contribution < -0.4 is 4.74 Å². The minimum atomic E-state index is -0.504. The van der Waals surface area contributed by atoms with E-state index >= 15 is 0 Å². The molecule has 0 spiro atoms. The van der Waals surface area contributed by atoms with Crippen LogP contribution in [0, 0.1) is 5.82 Å². The number of aromatic nitrogens is 2. The Morgan fingerprint density at radius 1 is 1.38 bits per heavy atom. The third-order valence-electron chi connectivity index (χ3n) is 3.72. The monoisotopic (exact) mass is 347 g/mol. The largest absolute Gasteiger partial charge is 0.458 e. The quantitative estimate of drug-likeness (QED) is 0.778. The summed E-state index contributed by atoms with van der Waals surface area (Å²) in [6.07, 6.45) is 2.66. The maximum atomic E-state index is 12.8. The maximum Gasteiger partial charge on any atom is 0.316 e. The number of rotatable bonds is 5. The van der Waals surface area contributed by atoms with Gasteiger partial charge in [0.25, 0.3) is 5.91 Å². The number of carbonyl (C=O) groups excluding carboxylic acids is 1. The number of carbonyl (C=O) groups is 1. The minimum absolute atomic E-state index is 0.0117. The smallest absolute Gasteiger partial charge is 0.316 e. The number of hydrogen-bond donors (Lipinski definition) is 0. The van der Waals surface area contributed by atoms with Crippen molar-refractivity contribution in [1.29, 1.82) is 0 Å². The molecule has 3 rings (SSSR count). The molecule has 2 aromatic rings. The fourth-order valence-corrected chi connectivity index (χ4v) is 3.41. The number of likely N-dealkylation sites (tertiary alicyclic amines) is 1. The average Bonchev–Trinajstić information content (AvgIpc) is 3.06. The number of thioether (sulfide) groups is 1. The number of hydrogen-bond acceptors (Lipinski definition) is 5. The summed E-state index contributed by atoms with van der Waals surface area (Å²) in [4.78, 5) is 23.1. The molecular formula is C17H18FN3O2S. The van der Waals surface area contributed by atoms with Gasteiger partial charge in [0, 0.05) is 17.9 Å². The summed E-state index contributed by atoms with van der Waals surface area (Å²) in [6, 6.07) is 7.78. The fraction of sp³-hybridized carbons (Fsp3) is 0.353. The van der Waals surface area contributed by atoms with Gasteiger partial charge in [0.15, 0.2) is 5.82 Å². The van der Waals surface area contributed by atoms with Gasteiger partial charge in [-0.1, -0.05) is 19.1 Å². The molecule has 1 atom stereocenters. The van der Waals surface area contributed by atoms with Crippen molar-refractivity contribution in [2.75, 3.05) is 18.8 Å². The van der Waals surface area contributed by atoms with Crippen molar-refractivity contribution in [3.05, 3.63) is 48.0 Å². The lowest BCUT2D eigenvalue weighted by Gasteiger charge is -2.18. The topological polar surface area (TPSA) is 55.3 Å². The Bertz CT molecular complexity index is 711. The average molecular weight is 347 g/mol. The highest BCUT2D eigenvalue weighted by atomic mass is 32.2. The zero-order chi connectivity index (χ0) is 16.9. The van der Waals surface area contributed by atoms with E-state index in [0.717, 1.165) is 28.6 Å². The van der Waals surface area contributed by atoms with Crippen LogP contribution >= 0.6 is 11.8 Å². The molecule has 7 heteroatoms. The Labute approximate surface area is 144 Å². The molecule has 126 valence electrons. The molecule has 0 N–H and O–H groups in total. The van der Waals surface area contributed by atoms with E-state index in [-0.39, 0.29) is 18.0 Å². The maximum absolute atomic E-state index is 12.8. The Hall–Kier alpha value is -2.15. The van der Waals surface area contributed by atoms with Gasteiger partial charge in [-0.3, -0.25) is 4.79 Å². The second-order valence-corrected chi connectivity index (χ2v) is 6.70. The predicted molar refractivity (Wildman–Crippen MR) is 89.8 cm³/mol. The summed E-state index contributed by atoms with van der Waals surface area (Å²) in [5.41, 5.74) is 0.725. The van der Waals surface area contributed by atoms with Crippen LogP contribution in [-0.2, 0) is 0 Å². The lowest BCUT2D eigenvalue weighted by atomic mass is 10.2. The van der Waals surface area contributed by atoms with Crippen molar-refractivity contribution in [1.82, 2.24) is 14.9 Å². The standard InChI is InChI=1S/C17H18FN3O2S/c1-2-24-15-6-4-3-5-14(15)16(22)21-8-7-13(11-21)23-17-19-9-12(18)10-20-17/h3-6,9-10,13H,2,7-8,11H2,1H3/t13-/m0/s1. The summed E-state index contributed by atoms with van der Waals surface area (Å²) in [5, 5.41) is 0. The summed E-state index contributed by atoms with van der Waals surface area (Å²) in [7, 11) is 0. The van der Waals surface area contributed by atoms with Crippen molar-refractivity contribution >= 4 is 17.7 Å². The van der Waals surface area contributed by atoms with Gasteiger partial charge in [-0.2, -0.15) is 0 Å². The van der Waals surface area contributed by atoms with E-state index in [1.54, 1.807) is 16.7 Å². The van der Waals surface area contributed by atoms with Crippen molar-refractivity contribution in [2.24, 2.45) is 0 Å². The second-order valence-electron chi connectivity index (χ2n) is 5.39. The summed E-state index contributed by atoms with van der Waals surface area (Å²) in [6.45, 7) is 3.16. The Morgan fingerprint density at radius 2 is 2.12 bits per heavy atom. The number of amides is 1. The van der Waals surface area contributed by atoms with Crippen molar-refractivity contribution in [2.45, 2.75) is 24.3 Å². The highest BCUT2D eigenvalue weighted by molar-refractivity contribution is 7.99. The molecular weight excluding hydrogens is 329 g/mol. The lowest BCUT2D eigenvalue weighted by Crippen LogP contribution is -2.31. The molecule has 1 aliphatic rings. The molecule has 1 saturated heterocycles. The Morgan fingerprint density at radius 3 is 2.88 bits per heavy atom. The SMILES string of the molecule is CCSc1ccccc1C(=O)N1CC[C@H](Oc2ncc(F)cn2)C1. The first-order valence-electron chi connectivity index (χ1n) is 7.82. The van der Waals surface area contributed by atoms with Crippen LogP contribution in [0.2, 0.25) is 0 Å². The third-order valence-corrected chi connectivity index (χ3v) is 4.67. The van der Waals surface area contributed by atoms with Gasteiger partial charge in [0.05, 0.1) is 24.5 Å². The molecule has 0 saturated carbocycles. The van der Waals surface area contributed by atoms with Crippen LogP contribution in [0.25, 0.3) is 0 Å². The van der Waals surface area contributed by atoms with E-state index in [9.17, 15) is 9.18 Å². The summed E-state index contributed by atoms with van der Waals surface area (Å²) in [5.74, 6) is 0.422. The first-order valence-corrected chi connectivity index (χ1v) is 8.81. The van der Waals surface area contributed by atoms with Gasteiger partial charge in [-0.15, -0.1) is 11.8 Å². The lowest BCUT2D eigenvalue weighted by molar-refractivity contribution is 0.0766. The molecule has 0 bridgehead atoms. The van der Waals surface area contributed by atoms with Crippen molar-refractivity contribution in [3.8, 4) is 6.01 Å². The second kappa shape index (κ2) is 7.61. The molecule has 1 amide bonds. The first kappa shape index (κ1) is 16.7. The normalized spacial score (nSPS) is 17.1. The highest BCUT2D eigenvalue weighted by Crippen LogP contribution is 2.25. The third kappa shape index (κ3) is 3.84. The molecule has 5 nitrogen and oxygen atoms in total. The van der Waals surface area contributed by atoms with Gasteiger partial charge < -0.3 is 9.64 Å². The van der Waals surface area contributed by atoms with E-state index in [1.165, 1.54) is 0 Å². The molecule has 2 heterocycles. The van der Waals surface area contributed by atoms with Gasteiger partial charge in [0.2, 0.25) is 0 Å². The molecule has 1 aromatic heterocycles. The van der Waals surface area contributed by atoms with Crippen LogP contribution in [0.5, 0.6) is 6.01 Å². The van der Waals surface area contributed by atoms with Crippen LogP contribution in [0.4, 0.5) is 4.39 Å². The van der Waals surface area contributed by atoms with Crippen molar-refractivity contribution < 1.29 is 13.9 Å². The Kier molecular flexibility index (Phi) is 5.30. The molecule has 0 unspecified atom stereocenters. The summed E-state index contributed by atoms with van der Waals surface area (Å²) < 4.78 is 18.5. The van der Waals surface area contributed by atoms with E-state index in [0.29, 0.717) is 19.5 Å². The number of ether oxygens (including phenoxy) is 1. The van der Waals surface area contributed by atoms with Crippen LogP contribution in [0.3, 0.4) is 0 Å². The number of halogens is 1. The van der Waals surface area contributed by atoms with E-state index in [2.05, 4.69) is 16.9 Å². The molecule has 1 fully saturated rings. The van der Waals surface area contributed by atoms with Gasteiger partial charge >= 0.3 is 6.01 Å². The predicted octanol–water partition coefficient (Wildman–Crippen LogP) is 3.02. The minimum Gasteiger partial charge on any atom is -0.458 e. The first-order chi connectivity index (χ1) is 11.7. The fourth-order valence-electron chi connectivity index (χ4n) is 2.61. The zero-order valence-electron chi connectivity index (χ0n) is 13.3. The van der Waals surface area contributed by atoms with Crippen LogP contribution in [0.1, 0.15) is 23.7 Å². The van der Waals surface area contributed by atoms with E-state index in [1.807, 2.05) is 24.3 Å². The van der Waals surface area contributed by atoms with E-state index < -0.39 is 5.82 Å². The molecule has 0 radical (unpaired) electrons.